The molecule has 0 aliphatic heterocycles. The van der Waals surface area contributed by atoms with Gasteiger partial charge in [0.1, 0.15) is 17.7 Å². The second-order valence-corrected chi connectivity index (χ2v) is 4.93. The van der Waals surface area contributed by atoms with Gasteiger partial charge in [-0.15, -0.1) is 0 Å². The molecule has 7 nitrogen and oxygen atoms in total. The van der Waals surface area contributed by atoms with Gasteiger partial charge in [0, 0.05) is 11.8 Å². The van der Waals surface area contributed by atoms with Crippen LogP contribution in [0.1, 0.15) is 15.9 Å². The molecule has 9 heteroatoms. The predicted molar refractivity (Wildman–Crippen MR) is 80.1 cm³/mol. The lowest BCUT2D eigenvalue weighted by Gasteiger charge is -2.05. The molecule has 2 aromatic heterocycles. The maximum absolute atomic E-state index is 14.1. The minimum absolute atomic E-state index is 0.0594. The van der Waals surface area contributed by atoms with Crippen molar-refractivity contribution in [2.75, 3.05) is 0 Å². The number of carbonyl (C=O) groups is 1. The summed E-state index contributed by atoms with van der Waals surface area (Å²) < 4.78 is 28.8. The van der Waals surface area contributed by atoms with Gasteiger partial charge >= 0.3 is 5.97 Å². The SMILES string of the molecule is N#Cc1cc(F)c(-c2cnn(-c3ccc(C(=O)O)cn3)c2O)cc1F. The summed E-state index contributed by atoms with van der Waals surface area (Å²) in [5.41, 5.74) is -0.901. The van der Waals surface area contributed by atoms with E-state index in [4.69, 9.17) is 10.4 Å². The number of aromatic nitrogens is 3. The summed E-state index contributed by atoms with van der Waals surface area (Å²) in [5.74, 6) is -3.43. The van der Waals surface area contributed by atoms with Gasteiger partial charge in [-0.2, -0.15) is 15.0 Å². The first kappa shape index (κ1) is 16.1. The van der Waals surface area contributed by atoms with E-state index in [1.165, 1.54) is 18.2 Å². The summed E-state index contributed by atoms with van der Waals surface area (Å²) in [6.45, 7) is 0. The smallest absolute Gasteiger partial charge is 0.337 e. The van der Waals surface area contributed by atoms with Crippen LogP contribution in [0.2, 0.25) is 0 Å². The fourth-order valence-electron chi connectivity index (χ4n) is 2.18. The number of pyridine rings is 1. The molecule has 0 aliphatic carbocycles. The van der Waals surface area contributed by atoms with E-state index in [0.717, 1.165) is 29.2 Å². The van der Waals surface area contributed by atoms with Crippen LogP contribution in [0.25, 0.3) is 16.9 Å². The summed E-state index contributed by atoms with van der Waals surface area (Å²) in [6, 6.07) is 5.59. The number of hydrogen-bond acceptors (Lipinski definition) is 5. The molecule has 1 aromatic carbocycles. The van der Waals surface area contributed by atoms with Crippen LogP contribution in [0, 0.1) is 23.0 Å². The van der Waals surface area contributed by atoms with E-state index in [1.54, 1.807) is 0 Å². The molecule has 0 unspecified atom stereocenters. The van der Waals surface area contributed by atoms with E-state index in [-0.39, 0.29) is 22.5 Å². The molecule has 0 atom stereocenters. The van der Waals surface area contributed by atoms with Crippen LogP contribution in [-0.2, 0) is 0 Å². The minimum atomic E-state index is -1.17. The number of carboxylic acid groups (broad SMARTS) is 1. The van der Waals surface area contributed by atoms with Crippen molar-refractivity contribution in [3.63, 3.8) is 0 Å². The van der Waals surface area contributed by atoms with Crippen molar-refractivity contribution in [3.05, 3.63) is 59.4 Å². The Hall–Kier alpha value is -3.80. The summed E-state index contributed by atoms with van der Waals surface area (Å²) in [4.78, 5) is 14.7. The van der Waals surface area contributed by atoms with Crippen LogP contribution in [0.4, 0.5) is 8.78 Å². The predicted octanol–water partition coefficient (Wildman–Crippen LogP) is 2.49. The molecular formula is C16H8F2N4O3. The van der Waals surface area contributed by atoms with Crippen LogP contribution >= 0.6 is 0 Å². The lowest BCUT2D eigenvalue weighted by Crippen LogP contribution is -2.02. The van der Waals surface area contributed by atoms with Crippen LogP contribution < -0.4 is 0 Å². The molecule has 2 heterocycles. The van der Waals surface area contributed by atoms with Crippen molar-refractivity contribution >= 4 is 5.97 Å². The third-order valence-corrected chi connectivity index (χ3v) is 3.42. The number of nitriles is 1. The van der Waals surface area contributed by atoms with Crippen molar-refractivity contribution in [3.8, 4) is 28.9 Å². The fraction of sp³-hybridized carbons (Fsp3) is 0. The maximum Gasteiger partial charge on any atom is 0.337 e. The molecule has 3 aromatic rings. The van der Waals surface area contributed by atoms with Gasteiger partial charge in [-0.1, -0.05) is 0 Å². The molecule has 0 fully saturated rings. The number of benzene rings is 1. The van der Waals surface area contributed by atoms with Gasteiger partial charge in [0.2, 0.25) is 5.88 Å². The van der Waals surface area contributed by atoms with Crippen molar-refractivity contribution < 1.29 is 23.8 Å². The third-order valence-electron chi connectivity index (χ3n) is 3.42. The Balaban J connectivity index is 2.06. The summed E-state index contributed by atoms with van der Waals surface area (Å²) >= 11 is 0. The molecule has 0 saturated heterocycles. The number of aromatic carboxylic acids is 1. The van der Waals surface area contributed by atoms with Gasteiger partial charge in [-0.3, -0.25) is 0 Å². The molecule has 0 amide bonds. The van der Waals surface area contributed by atoms with Crippen LogP contribution in [0.15, 0.2) is 36.7 Å². The highest BCUT2D eigenvalue weighted by Crippen LogP contribution is 2.33. The third kappa shape index (κ3) is 2.76. The molecule has 124 valence electrons. The molecule has 25 heavy (non-hydrogen) atoms. The monoisotopic (exact) mass is 342 g/mol. The van der Waals surface area contributed by atoms with E-state index < -0.39 is 29.0 Å². The fourth-order valence-corrected chi connectivity index (χ4v) is 2.18. The second-order valence-electron chi connectivity index (χ2n) is 4.93. The molecule has 0 radical (unpaired) electrons. The molecule has 0 spiro atoms. The van der Waals surface area contributed by atoms with Gasteiger partial charge in [0.25, 0.3) is 0 Å². The van der Waals surface area contributed by atoms with Gasteiger partial charge in [-0.05, 0) is 24.3 Å². The van der Waals surface area contributed by atoms with E-state index in [1.807, 2.05) is 0 Å². The van der Waals surface area contributed by atoms with Gasteiger partial charge < -0.3 is 10.2 Å². The number of carboxylic acids is 1. The van der Waals surface area contributed by atoms with E-state index in [9.17, 15) is 18.7 Å². The van der Waals surface area contributed by atoms with E-state index >= 15 is 0 Å². The van der Waals surface area contributed by atoms with Crippen molar-refractivity contribution in [2.24, 2.45) is 0 Å². The van der Waals surface area contributed by atoms with Crippen LogP contribution in [0.3, 0.4) is 0 Å². The Kier molecular flexibility index (Phi) is 3.86. The van der Waals surface area contributed by atoms with Gasteiger partial charge in [0.15, 0.2) is 5.82 Å². The van der Waals surface area contributed by atoms with E-state index in [0.29, 0.717) is 0 Å². The maximum atomic E-state index is 14.1. The molecular weight excluding hydrogens is 334 g/mol. The highest BCUT2D eigenvalue weighted by molar-refractivity contribution is 5.87. The molecule has 0 bridgehead atoms. The lowest BCUT2D eigenvalue weighted by atomic mass is 10.1. The highest BCUT2D eigenvalue weighted by Gasteiger charge is 2.19. The molecule has 0 aliphatic rings. The summed E-state index contributed by atoms with van der Waals surface area (Å²) in [7, 11) is 0. The average molecular weight is 342 g/mol. The van der Waals surface area contributed by atoms with Crippen molar-refractivity contribution in [1.29, 1.82) is 5.26 Å². The van der Waals surface area contributed by atoms with Crippen molar-refractivity contribution in [2.45, 2.75) is 0 Å². The minimum Gasteiger partial charge on any atom is -0.493 e. The number of hydrogen-bond donors (Lipinski definition) is 2. The number of halogens is 2. The van der Waals surface area contributed by atoms with E-state index in [2.05, 4.69) is 10.1 Å². The van der Waals surface area contributed by atoms with Crippen LogP contribution in [0.5, 0.6) is 5.88 Å². The topological polar surface area (TPSA) is 112 Å². The largest absolute Gasteiger partial charge is 0.493 e. The normalized spacial score (nSPS) is 10.4. The lowest BCUT2D eigenvalue weighted by molar-refractivity contribution is 0.0696. The standard InChI is InChI=1S/C16H8F2N4O3/c17-12-4-10(13(18)3-9(12)5-19)11-7-21-22(15(11)23)14-2-1-8(6-20-14)16(24)25/h1-4,6-7,23H,(H,24,25). The zero-order valence-corrected chi connectivity index (χ0v) is 12.3. The Bertz CT molecular complexity index is 1020. The first-order valence-corrected chi connectivity index (χ1v) is 6.78. The number of nitrogens with zero attached hydrogens (tertiary/aromatic N) is 4. The first-order chi connectivity index (χ1) is 11.9. The highest BCUT2D eigenvalue weighted by atomic mass is 19.1. The Morgan fingerprint density at radius 3 is 2.52 bits per heavy atom. The molecule has 3 rings (SSSR count). The average Bonchev–Trinajstić information content (AvgIpc) is 2.98. The molecule has 2 N–H and O–H groups in total. The number of rotatable bonds is 3. The summed E-state index contributed by atoms with van der Waals surface area (Å²) in [5, 5.41) is 31.6. The van der Waals surface area contributed by atoms with Gasteiger partial charge in [-0.25, -0.2) is 18.6 Å². The Labute approximate surface area is 139 Å². The quantitative estimate of drug-likeness (QED) is 0.756. The summed E-state index contributed by atoms with van der Waals surface area (Å²) in [6.07, 6.45) is 2.17. The Morgan fingerprint density at radius 2 is 1.92 bits per heavy atom. The van der Waals surface area contributed by atoms with Gasteiger partial charge in [0.05, 0.1) is 22.9 Å². The first-order valence-electron chi connectivity index (χ1n) is 6.78. The Morgan fingerprint density at radius 1 is 1.16 bits per heavy atom. The van der Waals surface area contributed by atoms with Crippen LogP contribution in [-0.4, -0.2) is 30.9 Å². The molecule has 0 saturated carbocycles. The zero-order chi connectivity index (χ0) is 18.1. The zero-order valence-electron chi connectivity index (χ0n) is 12.3. The van der Waals surface area contributed by atoms with Crippen molar-refractivity contribution in [1.82, 2.24) is 14.8 Å². The number of aromatic hydroxyl groups is 1. The second kappa shape index (κ2) is 6.01.